The molecule has 22 heavy (non-hydrogen) atoms. The molecular formula is C16H25N3O3. The van der Waals surface area contributed by atoms with Gasteiger partial charge in [0, 0.05) is 13.1 Å². The van der Waals surface area contributed by atoms with Crippen molar-refractivity contribution in [3.8, 4) is 0 Å². The Labute approximate surface area is 131 Å². The van der Waals surface area contributed by atoms with Crippen molar-refractivity contribution in [1.29, 1.82) is 0 Å². The minimum Gasteiger partial charge on any atom is -0.375 e. The van der Waals surface area contributed by atoms with Crippen molar-refractivity contribution in [3.05, 3.63) is 35.4 Å². The Balaban J connectivity index is 2.22. The Kier molecular flexibility index (Phi) is 8.35. The second-order valence-electron chi connectivity index (χ2n) is 5.34. The predicted octanol–water partition coefficient (Wildman–Crippen LogP) is 0.386. The van der Waals surface area contributed by atoms with E-state index in [-0.39, 0.29) is 6.54 Å². The molecule has 6 heteroatoms. The van der Waals surface area contributed by atoms with Gasteiger partial charge in [-0.1, -0.05) is 29.8 Å². The Morgan fingerprint density at radius 1 is 1.27 bits per heavy atom. The first-order chi connectivity index (χ1) is 10.6. The molecule has 0 spiro atoms. The monoisotopic (exact) mass is 307 g/mol. The average Bonchev–Trinajstić information content (AvgIpc) is 2.50. The molecule has 1 aromatic carbocycles. The summed E-state index contributed by atoms with van der Waals surface area (Å²) in [5.74, 6) is 0. The van der Waals surface area contributed by atoms with Gasteiger partial charge >= 0.3 is 0 Å². The van der Waals surface area contributed by atoms with Crippen LogP contribution in [0.25, 0.3) is 0 Å². The topological polar surface area (TPSA) is 75.9 Å². The first-order valence-electron chi connectivity index (χ1n) is 7.29. The van der Waals surface area contributed by atoms with Crippen LogP contribution in [0.4, 0.5) is 0 Å². The molecule has 0 aliphatic rings. The molecule has 2 N–H and O–H groups in total. The van der Waals surface area contributed by atoms with Crippen LogP contribution in [0.2, 0.25) is 0 Å². The molecule has 0 heterocycles. The van der Waals surface area contributed by atoms with Gasteiger partial charge in [0.15, 0.2) is 0 Å². The zero-order valence-electron chi connectivity index (χ0n) is 13.3. The highest BCUT2D eigenvalue weighted by atomic mass is 16.5. The standard InChI is InChI=1S/C16H25N3O3/c1-14-3-5-15(6-4-14)12-22-10-8-18(2)11-16(17)19(13-21)7-9-20/h3-6,9,13,16H,7-8,10-12,17H2,1-2H3. The number of benzene rings is 1. The second-order valence-corrected chi connectivity index (χ2v) is 5.34. The van der Waals surface area contributed by atoms with Crippen LogP contribution in [0.5, 0.6) is 0 Å². The summed E-state index contributed by atoms with van der Waals surface area (Å²) in [6.07, 6.45) is 0.768. The number of ether oxygens (including phenoxy) is 1. The van der Waals surface area contributed by atoms with Crippen molar-refractivity contribution in [2.45, 2.75) is 19.7 Å². The lowest BCUT2D eigenvalue weighted by molar-refractivity contribution is -0.124. The quantitative estimate of drug-likeness (QED) is 0.363. The van der Waals surface area contributed by atoms with Gasteiger partial charge in [-0.3, -0.25) is 4.79 Å². The van der Waals surface area contributed by atoms with Crippen LogP contribution >= 0.6 is 0 Å². The van der Waals surface area contributed by atoms with Crippen LogP contribution in [0.1, 0.15) is 11.1 Å². The van der Waals surface area contributed by atoms with Gasteiger partial charge in [-0.15, -0.1) is 0 Å². The highest BCUT2D eigenvalue weighted by molar-refractivity contribution is 5.59. The number of hydrogen-bond donors (Lipinski definition) is 1. The number of nitrogens with two attached hydrogens (primary N) is 1. The summed E-state index contributed by atoms with van der Waals surface area (Å²) in [6, 6.07) is 8.22. The number of amides is 1. The fraction of sp³-hybridized carbons (Fsp3) is 0.500. The van der Waals surface area contributed by atoms with Crippen molar-refractivity contribution in [2.24, 2.45) is 5.73 Å². The van der Waals surface area contributed by atoms with Gasteiger partial charge in [0.05, 0.1) is 25.9 Å². The van der Waals surface area contributed by atoms with Gasteiger partial charge in [-0.25, -0.2) is 0 Å². The van der Waals surface area contributed by atoms with E-state index in [1.54, 1.807) is 0 Å². The number of aldehydes is 1. The Hall–Kier alpha value is -1.76. The SMILES string of the molecule is Cc1ccc(COCCN(C)CC(N)N(C=O)CC=O)cc1. The maximum Gasteiger partial charge on any atom is 0.211 e. The average molecular weight is 307 g/mol. The second kappa shape index (κ2) is 10.0. The van der Waals surface area contributed by atoms with Crippen LogP contribution in [-0.4, -0.2) is 62.0 Å². The first kappa shape index (κ1) is 18.3. The summed E-state index contributed by atoms with van der Waals surface area (Å²) >= 11 is 0. The van der Waals surface area contributed by atoms with Gasteiger partial charge in [0.1, 0.15) is 6.29 Å². The van der Waals surface area contributed by atoms with E-state index in [9.17, 15) is 9.59 Å². The smallest absolute Gasteiger partial charge is 0.211 e. The third-order valence-electron chi connectivity index (χ3n) is 3.35. The lowest BCUT2D eigenvalue weighted by atomic mass is 10.2. The van der Waals surface area contributed by atoms with E-state index in [1.807, 2.05) is 11.9 Å². The number of nitrogens with zero attached hydrogens (tertiary/aromatic N) is 2. The largest absolute Gasteiger partial charge is 0.375 e. The third kappa shape index (κ3) is 6.80. The molecule has 1 amide bonds. The number of likely N-dealkylation sites (N-methyl/N-ethyl adjacent to an activating group) is 1. The molecule has 0 saturated heterocycles. The zero-order chi connectivity index (χ0) is 16.4. The van der Waals surface area contributed by atoms with E-state index >= 15 is 0 Å². The number of rotatable bonds is 11. The number of aryl methyl sites for hydroxylation is 1. The zero-order valence-corrected chi connectivity index (χ0v) is 13.3. The fourth-order valence-electron chi connectivity index (χ4n) is 1.95. The third-order valence-corrected chi connectivity index (χ3v) is 3.35. The summed E-state index contributed by atoms with van der Waals surface area (Å²) in [5.41, 5.74) is 8.25. The Morgan fingerprint density at radius 2 is 1.95 bits per heavy atom. The van der Waals surface area contributed by atoms with E-state index in [1.165, 1.54) is 10.5 Å². The van der Waals surface area contributed by atoms with Gasteiger partial charge in [-0.05, 0) is 19.5 Å². The van der Waals surface area contributed by atoms with E-state index in [0.29, 0.717) is 39.0 Å². The van der Waals surface area contributed by atoms with Gasteiger partial charge in [0.25, 0.3) is 0 Å². The fourth-order valence-corrected chi connectivity index (χ4v) is 1.95. The highest BCUT2D eigenvalue weighted by Gasteiger charge is 2.13. The summed E-state index contributed by atoms with van der Waals surface area (Å²) < 4.78 is 5.62. The first-order valence-corrected chi connectivity index (χ1v) is 7.29. The molecule has 1 atom stereocenters. The van der Waals surface area contributed by atoms with Crippen LogP contribution in [0.15, 0.2) is 24.3 Å². The molecular weight excluding hydrogens is 282 g/mol. The predicted molar refractivity (Wildman–Crippen MR) is 85.1 cm³/mol. The van der Waals surface area contributed by atoms with Crippen molar-refractivity contribution in [1.82, 2.24) is 9.80 Å². The summed E-state index contributed by atoms with van der Waals surface area (Å²) in [4.78, 5) is 24.5. The molecule has 0 radical (unpaired) electrons. The lowest BCUT2D eigenvalue weighted by Gasteiger charge is -2.27. The Morgan fingerprint density at radius 3 is 2.55 bits per heavy atom. The lowest BCUT2D eigenvalue weighted by Crippen LogP contribution is -2.49. The van der Waals surface area contributed by atoms with Gasteiger partial charge in [0.2, 0.25) is 6.41 Å². The molecule has 1 unspecified atom stereocenters. The molecule has 1 aromatic rings. The molecule has 0 bridgehead atoms. The molecule has 122 valence electrons. The van der Waals surface area contributed by atoms with Crippen LogP contribution in [0.3, 0.4) is 0 Å². The van der Waals surface area contributed by atoms with E-state index in [4.69, 9.17) is 10.5 Å². The minimum absolute atomic E-state index is 0.0163. The Bertz CT molecular complexity index is 450. The van der Waals surface area contributed by atoms with E-state index in [2.05, 4.69) is 31.2 Å². The number of carbonyl (C=O) groups excluding carboxylic acids is 2. The normalized spacial score (nSPS) is 12.2. The van der Waals surface area contributed by atoms with Crippen molar-refractivity contribution >= 4 is 12.7 Å². The molecule has 0 aliphatic carbocycles. The van der Waals surface area contributed by atoms with Gasteiger partial charge < -0.3 is 25.1 Å². The van der Waals surface area contributed by atoms with Crippen molar-refractivity contribution in [3.63, 3.8) is 0 Å². The molecule has 0 aromatic heterocycles. The van der Waals surface area contributed by atoms with E-state index < -0.39 is 6.17 Å². The van der Waals surface area contributed by atoms with Crippen molar-refractivity contribution < 1.29 is 14.3 Å². The molecule has 0 fully saturated rings. The highest BCUT2D eigenvalue weighted by Crippen LogP contribution is 2.04. The maximum atomic E-state index is 10.8. The van der Waals surface area contributed by atoms with Crippen LogP contribution in [0, 0.1) is 6.92 Å². The van der Waals surface area contributed by atoms with Crippen LogP contribution < -0.4 is 5.73 Å². The molecule has 6 nitrogen and oxygen atoms in total. The molecule has 0 aliphatic heterocycles. The summed E-state index contributed by atoms with van der Waals surface area (Å²) in [5, 5.41) is 0. The van der Waals surface area contributed by atoms with Crippen molar-refractivity contribution in [2.75, 3.05) is 33.3 Å². The number of carbonyl (C=O) groups is 2. The molecule has 1 rings (SSSR count). The maximum absolute atomic E-state index is 10.8. The number of hydrogen-bond acceptors (Lipinski definition) is 5. The summed E-state index contributed by atoms with van der Waals surface area (Å²) in [7, 11) is 1.90. The summed E-state index contributed by atoms with van der Waals surface area (Å²) in [6.45, 7) is 4.41. The minimum atomic E-state index is -0.496. The molecule has 0 saturated carbocycles. The van der Waals surface area contributed by atoms with Crippen LogP contribution in [-0.2, 0) is 20.9 Å². The van der Waals surface area contributed by atoms with Gasteiger partial charge in [-0.2, -0.15) is 0 Å². The van der Waals surface area contributed by atoms with E-state index in [0.717, 1.165) is 5.56 Å².